The van der Waals surface area contributed by atoms with Gasteiger partial charge in [-0.3, -0.25) is 9.59 Å². The Hall–Kier alpha value is -1.96. The number of nitrogens with zero attached hydrogens (tertiary/aromatic N) is 1. The molecule has 0 radical (unpaired) electrons. The molecule has 1 aliphatic heterocycles. The number of piperidine rings is 1. The molecular formula is C18H22ClN3O3S. The Bertz CT molecular complexity index is 745. The lowest BCUT2D eigenvalue weighted by Crippen LogP contribution is -2.37. The summed E-state index contributed by atoms with van der Waals surface area (Å²) in [5.74, 6) is -0.387. The fourth-order valence-electron chi connectivity index (χ4n) is 2.83. The highest BCUT2D eigenvalue weighted by Crippen LogP contribution is 2.32. The second kappa shape index (κ2) is 9.66. The number of aromatic nitrogens is 1. The van der Waals surface area contributed by atoms with Crippen molar-refractivity contribution in [3.8, 4) is 11.3 Å². The molecule has 0 spiro atoms. The molecule has 1 amide bonds. The number of anilines is 1. The lowest BCUT2D eigenvalue weighted by atomic mass is 9.99. The van der Waals surface area contributed by atoms with Gasteiger partial charge in [-0.05, 0) is 19.4 Å². The Kier molecular flexibility index (Phi) is 7.56. The van der Waals surface area contributed by atoms with Crippen molar-refractivity contribution in [2.45, 2.75) is 19.3 Å². The predicted molar refractivity (Wildman–Crippen MR) is 105 cm³/mol. The zero-order valence-electron chi connectivity index (χ0n) is 14.5. The highest BCUT2D eigenvalue weighted by atomic mass is 35.5. The van der Waals surface area contributed by atoms with Crippen molar-refractivity contribution in [1.29, 1.82) is 0 Å². The van der Waals surface area contributed by atoms with Crippen LogP contribution in [0.15, 0.2) is 30.3 Å². The van der Waals surface area contributed by atoms with E-state index in [0.29, 0.717) is 17.4 Å². The molecule has 2 N–H and O–H groups in total. The molecule has 0 saturated carbocycles. The van der Waals surface area contributed by atoms with Crippen LogP contribution in [0.3, 0.4) is 0 Å². The SMILES string of the molecule is COC(=O)Cc1sc(NC(=O)C2CCCNC2)nc1-c1ccccc1.Cl. The number of nitrogens with one attached hydrogen (secondary N) is 2. The first-order valence-electron chi connectivity index (χ1n) is 8.31. The number of benzene rings is 1. The van der Waals surface area contributed by atoms with Crippen LogP contribution >= 0.6 is 23.7 Å². The molecule has 1 fully saturated rings. The highest BCUT2D eigenvalue weighted by molar-refractivity contribution is 7.16. The third-order valence-corrected chi connectivity index (χ3v) is 5.15. The highest BCUT2D eigenvalue weighted by Gasteiger charge is 2.23. The summed E-state index contributed by atoms with van der Waals surface area (Å²) in [5, 5.41) is 6.67. The molecule has 1 aliphatic rings. The molecule has 1 aromatic carbocycles. The molecule has 26 heavy (non-hydrogen) atoms. The summed E-state index contributed by atoms with van der Waals surface area (Å²) in [4.78, 5) is 29.5. The molecule has 140 valence electrons. The standard InChI is InChI=1S/C18H21N3O3S.ClH/c1-24-15(22)10-14-16(12-6-3-2-4-7-12)20-18(25-14)21-17(23)13-8-5-9-19-11-13;/h2-4,6-7,13,19H,5,8-11H2,1H3,(H,20,21,23);1H. The second-order valence-corrected chi connectivity index (χ2v) is 7.03. The van der Waals surface area contributed by atoms with Gasteiger partial charge in [0.25, 0.3) is 0 Å². The van der Waals surface area contributed by atoms with Crippen molar-refractivity contribution in [3.05, 3.63) is 35.2 Å². The molecule has 3 rings (SSSR count). The molecule has 1 atom stereocenters. The van der Waals surface area contributed by atoms with Gasteiger partial charge in [-0.25, -0.2) is 4.98 Å². The first-order valence-corrected chi connectivity index (χ1v) is 9.12. The minimum atomic E-state index is -0.324. The molecule has 0 aliphatic carbocycles. The number of halogens is 1. The number of methoxy groups -OCH3 is 1. The number of carbonyl (C=O) groups excluding carboxylic acids is 2. The number of thiazole rings is 1. The average molecular weight is 396 g/mol. The fourth-order valence-corrected chi connectivity index (χ4v) is 3.81. The number of amides is 1. The van der Waals surface area contributed by atoms with Crippen LogP contribution in [-0.4, -0.2) is 37.1 Å². The van der Waals surface area contributed by atoms with Gasteiger partial charge < -0.3 is 15.4 Å². The van der Waals surface area contributed by atoms with Crippen molar-refractivity contribution >= 4 is 40.8 Å². The zero-order valence-corrected chi connectivity index (χ0v) is 16.1. The van der Waals surface area contributed by atoms with Gasteiger partial charge in [0.05, 0.1) is 25.1 Å². The van der Waals surface area contributed by atoms with E-state index in [1.165, 1.54) is 18.4 Å². The van der Waals surface area contributed by atoms with Gasteiger partial charge in [-0.15, -0.1) is 23.7 Å². The van der Waals surface area contributed by atoms with Gasteiger partial charge in [0.1, 0.15) is 0 Å². The monoisotopic (exact) mass is 395 g/mol. The third kappa shape index (κ3) is 5.03. The summed E-state index contributed by atoms with van der Waals surface area (Å²) in [7, 11) is 1.37. The second-order valence-electron chi connectivity index (χ2n) is 5.94. The van der Waals surface area contributed by atoms with Crippen molar-refractivity contribution in [2.75, 3.05) is 25.5 Å². The van der Waals surface area contributed by atoms with Crippen LogP contribution in [0, 0.1) is 5.92 Å². The number of esters is 1. The molecule has 0 bridgehead atoms. The zero-order chi connectivity index (χ0) is 17.6. The summed E-state index contributed by atoms with van der Waals surface area (Å²) >= 11 is 1.33. The van der Waals surface area contributed by atoms with Crippen molar-refractivity contribution in [1.82, 2.24) is 10.3 Å². The van der Waals surface area contributed by atoms with Gasteiger partial charge in [0.2, 0.25) is 5.91 Å². The minimum absolute atomic E-state index is 0. The topological polar surface area (TPSA) is 80.3 Å². The van der Waals surface area contributed by atoms with Gasteiger partial charge >= 0.3 is 5.97 Å². The Balaban J connectivity index is 0.00000243. The third-order valence-electron chi connectivity index (χ3n) is 4.17. The predicted octanol–water partition coefficient (Wildman–Crippen LogP) is 2.89. The van der Waals surface area contributed by atoms with Crippen molar-refractivity contribution < 1.29 is 14.3 Å². The molecule has 1 unspecified atom stereocenters. The Morgan fingerprint density at radius 1 is 1.35 bits per heavy atom. The maximum absolute atomic E-state index is 12.4. The van der Waals surface area contributed by atoms with Crippen LogP contribution in [-0.2, 0) is 20.7 Å². The molecule has 6 nitrogen and oxygen atoms in total. The van der Waals surface area contributed by atoms with E-state index in [4.69, 9.17) is 4.74 Å². The van der Waals surface area contributed by atoms with Gasteiger partial charge in [-0.2, -0.15) is 0 Å². The van der Waals surface area contributed by atoms with E-state index in [-0.39, 0.29) is 36.6 Å². The number of ether oxygens (including phenoxy) is 1. The van der Waals surface area contributed by atoms with Crippen molar-refractivity contribution in [2.24, 2.45) is 5.92 Å². The van der Waals surface area contributed by atoms with E-state index in [9.17, 15) is 9.59 Å². The van der Waals surface area contributed by atoms with Crippen LogP contribution < -0.4 is 10.6 Å². The maximum atomic E-state index is 12.4. The summed E-state index contributed by atoms with van der Waals surface area (Å²) in [6, 6.07) is 9.64. The van der Waals surface area contributed by atoms with Crippen LogP contribution in [0.1, 0.15) is 17.7 Å². The molecular weight excluding hydrogens is 374 g/mol. The Labute approximate surface area is 162 Å². The Morgan fingerprint density at radius 3 is 2.77 bits per heavy atom. The number of hydrogen-bond acceptors (Lipinski definition) is 6. The largest absolute Gasteiger partial charge is 0.469 e. The Morgan fingerprint density at radius 2 is 2.12 bits per heavy atom. The van der Waals surface area contributed by atoms with Gasteiger partial charge in [-0.1, -0.05) is 30.3 Å². The first kappa shape index (κ1) is 20.4. The van der Waals surface area contributed by atoms with Crippen LogP contribution in [0.25, 0.3) is 11.3 Å². The number of carbonyl (C=O) groups is 2. The molecule has 1 aromatic heterocycles. The fraction of sp³-hybridized carbons (Fsp3) is 0.389. The summed E-state index contributed by atoms with van der Waals surface area (Å²) in [6.07, 6.45) is 2.02. The van der Waals surface area contributed by atoms with Gasteiger partial charge in [0, 0.05) is 17.0 Å². The summed E-state index contributed by atoms with van der Waals surface area (Å²) in [5.41, 5.74) is 1.63. The smallest absolute Gasteiger partial charge is 0.310 e. The van der Waals surface area contributed by atoms with E-state index in [2.05, 4.69) is 15.6 Å². The first-order chi connectivity index (χ1) is 12.2. The van der Waals surface area contributed by atoms with E-state index >= 15 is 0 Å². The van der Waals surface area contributed by atoms with E-state index in [1.54, 1.807) is 0 Å². The van der Waals surface area contributed by atoms with E-state index in [1.807, 2.05) is 30.3 Å². The van der Waals surface area contributed by atoms with Crippen LogP contribution in [0.4, 0.5) is 5.13 Å². The molecule has 2 heterocycles. The quantitative estimate of drug-likeness (QED) is 0.761. The molecule has 2 aromatic rings. The van der Waals surface area contributed by atoms with E-state index < -0.39 is 0 Å². The average Bonchev–Trinajstić information content (AvgIpc) is 3.05. The summed E-state index contributed by atoms with van der Waals surface area (Å²) in [6.45, 7) is 1.65. The normalized spacial score (nSPS) is 16.4. The number of hydrogen-bond donors (Lipinski definition) is 2. The lowest BCUT2D eigenvalue weighted by molar-refractivity contribution is -0.139. The summed E-state index contributed by atoms with van der Waals surface area (Å²) < 4.78 is 4.77. The molecule has 8 heteroatoms. The van der Waals surface area contributed by atoms with Crippen molar-refractivity contribution in [3.63, 3.8) is 0 Å². The van der Waals surface area contributed by atoms with Crippen LogP contribution in [0.2, 0.25) is 0 Å². The maximum Gasteiger partial charge on any atom is 0.310 e. The number of rotatable bonds is 5. The van der Waals surface area contributed by atoms with Gasteiger partial charge in [0.15, 0.2) is 5.13 Å². The van der Waals surface area contributed by atoms with Crippen LogP contribution in [0.5, 0.6) is 0 Å². The molecule has 1 saturated heterocycles. The minimum Gasteiger partial charge on any atom is -0.469 e. The van der Waals surface area contributed by atoms with E-state index in [0.717, 1.165) is 29.8 Å². The lowest BCUT2D eigenvalue weighted by Gasteiger charge is -2.21.